The summed E-state index contributed by atoms with van der Waals surface area (Å²) in [6, 6.07) is 53.6. The summed E-state index contributed by atoms with van der Waals surface area (Å²) in [7, 11) is 0. The molecule has 4 heteroatoms. The minimum Gasteiger partial charge on any atom is -0.309 e. The molecule has 9 aromatic rings. The first-order chi connectivity index (χ1) is 21.8. The van der Waals surface area contributed by atoms with Gasteiger partial charge in [-0.2, -0.15) is 0 Å². The Morgan fingerprint density at radius 2 is 0.909 bits per heavy atom. The lowest BCUT2D eigenvalue weighted by Gasteiger charge is -2.12. The van der Waals surface area contributed by atoms with Gasteiger partial charge in [-0.25, -0.2) is 0 Å². The Labute approximate surface area is 254 Å². The van der Waals surface area contributed by atoms with Gasteiger partial charge in [0.05, 0.1) is 11.0 Å². The van der Waals surface area contributed by atoms with Gasteiger partial charge in [0, 0.05) is 39.2 Å². The van der Waals surface area contributed by atoms with Gasteiger partial charge in [-0.05, 0) is 58.5 Å². The lowest BCUT2D eigenvalue weighted by atomic mass is 9.97. The van der Waals surface area contributed by atoms with Crippen LogP contribution in [0.5, 0.6) is 0 Å². The Bertz CT molecular complexity index is 2410. The minimum atomic E-state index is 0.821. The SMILES string of the molecule is c1ccc(-c2ccc(-c3cn4c(-c5ccc(-n6c7ccccc7c7ccccc76)cc5)nnc4c4ccccc34)cc2)cc1. The normalized spacial score (nSPS) is 11.6. The summed E-state index contributed by atoms with van der Waals surface area (Å²) in [4.78, 5) is 0. The number of aromatic nitrogens is 4. The molecule has 0 saturated heterocycles. The van der Waals surface area contributed by atoms with E-state index in [4.69, 9.17) is 5.10 Å². The smallest absolute Gasteiger partial charge is 0.169 e. The lowest BCUT2D eigenvalue weighted by Crippen LogP contribution is -1.96. The molecule has 0 aliphatic heterocycles. The van der Waals surface area contributed by atoms with Crippen LogP contribution in [0.15, 0.2) is 158 Å². The van der Waals surface area contributed by atoms with Gasteiger partial charge in [0.25, 0.3) is 0 Å². The summed E-state index contributed by atoms with van der Waals surface area (Å²) in [5.74, 6) is 0.821. The zero-order valence-corrected chi connectivity index (χ0v) is 23.8. The van der Waals surface area contributed by atoms with Crippen LogP contribution in [-0.2, 0) is 0 Å². The van der Waals surface area contributed by atoms with Crippen LogP contribution in [0.25, 0.3) is 77.6 Å². The highest BCUT2D eigenvalue weighted by Crippen LogP contribution is 2.35. The number of hydrogen-bond donors (Lipinski definition) is 0. The summed E-state index contributed by atoms with van der Waals surface area (Å²) < 4.78 is 4.47. The third kappa shape index (κ3) is 3.78. The molecule has 0 aliphatic carbocycles. The zero-order chi connectivity index (χ0) is 29.0. The van der Waals surface area contributed by atoms with E-state index in [1.165, 1.54) is 32.9 Å². The highest BCUT2D eigenvalue weighted by Gasteiger charge is 2.16. The van der Waals surface area contributed by atoms with Crippen LogP contribution >= 0.6 is 0 Å². The molecular weight excluding hydrogens is 536 g/mol. The van der Waals surface area contributed by atoms with Gasteiger partial charge in [0.15, 0.2) is 11.5 Å². The van der Waals surface area contributed by atoms with Crippen molar-refractivity contribution in [2.45, 2.75) is 0 Å². The molecule has 6 aromatic carbocycles. The van der Waals surface area contributed by atoms with Gasteiger partial charge in [-0.3, -0.25) is 4.40 Å². The van der Waals surface area contributed by atoms with Crippen molar-refractivity contribution >= 4 is 38.2 Å². The molecule has 4 nitrogen and oxygen atoms in total. The fourth-order valence-corrected chi connectivity index (χ4v) is 6.57. The van der Waals surface area contributed by atoms with E-state index in [0.717, 1.165) is 44.6 Å². The van der Waals surface area contributed by atoms with Crippen LogP contribution in [0, 0.1) is 0 Å². The van der Waals surface area contributed by atoms with Gasteiger partial charge >= 0.3 is 0 Å². The first-order valence-electron chi connectivity index (χ1n) is 14.8. The number of fused-ring (bicyclic) bond motifs is 6. The van der Waals surface area contributed by atoms with Crippen LogP contribution in [0.2, 0.25) is 0 Å². The van der Waals surface area contributed by atoms with E-state index in [2.05, 4.69) is 166 Å². The van der Waals surface area contributed by atoms with Gasteiger partial charge in [0.2, 0.25) is 0 Å². The van der Waals surface area contributed by atoms with Crippen molar-refractivity contribution in [1.82, 2.24) is 19.2 Å². The molecule has 0 amide bonds. The van der Waals surface area contributed by atoms with E-state index < -0.39 is 0 Å². The summed E-state index contributed by atoms with van der Waals surface area (Å²) >= 11 is 0. The Morgan fingerprint density at radius 3 is 1.59 bits per heavy atom. The minimum absolute atomic E-state index is 0.821. The number of hydrogen-bond acceptors (Lipinski definition) is 2. The third-order valence-corrected chi connectivity index (χ3v) is 8.68. The number of benzene rings is 6. The van der Waals surface area contributed by atoms with E-state index in [-0.39, 0.29) is 0 Å². The maximum atomic E-state index is 4.70. The molecule has 0 atom stereocenters. The summed E-state index contributed by atoms with van der Waals surface area (Å²) in [6.07, 6.45) is 2.19. The second kappa shape index (κ2) is 9.79. The zero-order valence-electron chi connectivity index (χ0n) is 23.8. The maximum absolute atomic E-state index is 4.70. The van der Waals surface area contributed by atoms with Crippen LogP contribution in [0.4, 0.5) is 0 Å². The summed E-state index contributed by atoms with van der Waals surface area (Å²) in [6.45, 7) is 0. The van der Waals surface area contributed by atoms with Crippen LogP contribution < -0.4 is 0 Å². The van der Waals surface area contributed by atoms with Crippen molar-refractivity contribution in [3.63, 3.8) is 0 Å². The predicted octanol–water partition coefficient (Wildman–Crippen LogP) is 9.98. The largest absolute Gasteiger partial charge is 0.309 e. The average molecular weight is 563 g/mol. The van der Waals surface area contributed by atoms with E-state index in [9.17, 15) is 0 Å². The maximum Gasteiger partial charge on any atom is 0.169 e. The van der Waals surface area contributed by atoms with E-state index in [1.807, 2.05) is 6.07 Å². The molecule has 3 aromatic heterocycles. The monoisotopic (exact) mass is 562 g/mol. The molecule has 9 rings (SSSR count). The standard InChI is InChI=1S/C40H26N4/c1-2-10-27(11-3-1)28-18-20-29(21-19-28)36-26-43-39(41-42-40(43)35-15-5-4-12-32(35)36)30-22-24-31(25-23-30)44-37-16-8-6-13-33(37)34-14-7-9-17-38(34)44/h1-26H. The van der Waals surface area contributed by atoms with E-state index in [0.29, 0.717) is 0 Å². The molecule has 0 aliphatic rings. The second-order valence-electron chi connectivity index (χ2n) is 11.2. The molecule has 44 heavy (non-hydrogen) atoms. The Kier molecular flexibility index (Phi) is 5.47. The molecule has 0 bridgehead atoms. The lowest BCUT2D eigenvalue weighted by molar-refractivity contribution is 1.11. The second-order valence-corrected chi connectivity index (χ2v) is 11.2. The van der Waals surface area contributed by atoms with Crippen molar-refractivity contribution in [2.24, 2.45) is 0 Å². The van der Waals surface area contributed by atoms with Crippen LogP contribution in [0.3, 0.4) is 0 Å². The topological polar surface area (TPSA) is 35.1 Å². The third-order valence-electron chi connectivity index (χ3n) is 8.68. The fourth-order valence-electron chi connectivity index (χ4n) is 6.57. The van der Waals surface area contributed by atoms with Gasteiger partial charge in [-0.1, -0.05) is 115 Å². The number of rotatable bonds is 4. The number of para-hydroxylation sites is 2. The van der Waals surface area contributed by atoms with Crippen LogP contribution in [0.1, 0.15) is 0 Å². The first kappa shape index (κ1) is 24.6. The van der Waals surface area contributed by atoms with Crippen molar-refractivity contribution in [2.75, 3.05) is 0 Å². The van der Waals surface area contributed by atoms with E-state index >= 15 is 0 Å². The Balaban J connectivity index is 1.17. The molecule has 0 fully saturated rings. The molecule has 0 radical (unpaired) electrons. The molecule has 0 saturated carbocycles. The van der Waals surface area contributed by atoms with Gasteiger partial charge < -0.3 is 4.57 Å². The molecule has 0 N–H and O–H groups in total. The average Bonchev–Trinajstić information content (AvgIpc) is 3.68. The molecule has 0 spiro atoms. The van der Waals surface area contributed by atoms with Gasteiger partial charge in [-0.15, -0.1) is 10.2 Å². The van der Waals surface area contributed by atoms with Crippen molar-refractivity contribution in [3.05, 3.63) is 158 Å². The Morgan fingerprint density at radius 1 is 0.386 bits per heavy atom. The molecule has 206 valence electrons. The van der Waals surface area contributed by atoms with Crippen molar-refractivity contribution in [3.8, 4) is 39.3 Å². The summed E-state index contributed by atoms with van der Waals surface area (Å²) in [5.41, 5.74) is 10.1. The van der Waals surface area contributed by atoms with Gasteiger partial charge in [0.1, 0.15) is 0 Å². The number of nitrogens with zero attached hydrogens (tertiary/aromatic N) is 4. The Hall–Kier alpha value is -6.00. The molecule has 0 unspecified atom stereocenters. The van der Waals surface area contributed by atoms with Crippen molar-refractivity contribution < 1.29 is 0 Å². The van der Waals surface area contributed by atoms with Crippen LogP contribution in [-0.4, -0.2) is 19.2 Å². The highest BCUT2D eigenvalue weighted by molar-refractivity contribution is 6.09. The molecule has 3 heterocycles. The summed E-state index contributed by atoms with van der Waals surface area (Å²) in [5, 5.41) is 14.1. The predicted molar refractivity (Wildman–Crippen MR) is 181 cm³/mol. The first-order valence-corrected chi connectivity index (χ1v) is 14.8. The molecular formula is C40H26N4. The quantitative estimate of drug-likeness (QED) is 0.214. The highest BCUT2D eigenvalue weighted by atomic mass is 15.2. The van der Waals surface area contributed by atoms with Crippen molar-refractivity contribution in [1.29, 1.82) is 0 Å². The number of pyridine rings is 1. The fraction of sp³-hybridized carbons (Fsp3) is 0. The van der Waals surface area contributed by atoms with E-state index in [1.54, 1.807) is 0 Å².